The number of ether oxygens (including phenoxy) is 1. The molecule has 4 heteroatoms. The standard InChI is InChI=1S/C20H16N2O2/c1-24-18-9-4-15(5-10-18)19-13-22-12-16(6-11-20(22)21-19)14-2-7-17(23)8-3-14/h2-13,23H,1H3. The number of nitrogens with zero attached hydrogens (tertiary/aromatic N) is 2. The fourth-order valence-electron chi connectivity index (χ4n) is 2.72. The van der Waals surface area contributed by atoms with E-state index in [-0.39, 0.29) is 5.75 Å². The summed E-state index contributed by atoms with van der Waals surface area (Å²) in [5.41, 5.74) is 4.98. The van der Waals surface area contributed by atoms with Gasteiger partial charge in [-0.25, -0.2) is 4.98 Å². The molecule has 2 aromatic carbocycles. The highest BCUT2D eigenvalue weighted by Crippen LogP contribution is 2.25. The fourth-order valence-corrected chi connectivity index (χ4v) is 2.72. The lowest BCUT2D eigenvalue weighted by Crippen LogP contribution is -1.85. The molecule has 1 N–H and O–H groups in total. The minimum atomic E-state index is 0.268. The number of hydrogen-bond donors (Lipinski definition) is 1. The minimum absolute atomic E-state index is 0.268. The van der Waals surface area contributed by atoms with E-state index in [1.54, 1.807) is 19.2 Å². The molecule has 0 aliphatic heterocycles. The number of phenols is 1. The molecular formula is C20H16N2O2. The van der Waals surface area contributed by atoms with Gasteiger partial charge in [0.2, 0.25) is 0 Å². The molecule has 2 aromatic heterocycles. The highest BCUT2D eigenvalue weighted by molar-refractivity contribution is 5.68. The van der Waals surface area contributed by atoms with Crippen LogP contribution < -0.4 is 4.74 Å². The van der Waals surface area contributed by atoms with Gasteiger partial charge in [0.15, 0.2) is 0 Å². The highest BCUT2D eigenvalue weighted by atomic mass is 16.5. The van der Waals surface area contributed by atoms with Gasteiger partial charge >= 0.3 is 0 Å². The van der Waals surface area contributed by atoms with E-state index in [1.165, 1.54) is 0 Å². The number of methoxy groups -OCH3 is 1. The molecule has 0 saturated carbocycles. The molecular weight excluding hydrogens is 300 g/mol. The van der Waals surface area contributed by atoms with Crippen molar-refractivity contribution >= 4 is 5.65 Å². The normalized spacial score (nSPS) is 10.9. The largest absolute Gasteiger partial charge is 0.508 e. The number of pyridine rings is 1. The molecule has 2 heterocycles. The molecule has 4 aromatic rings. The van der Waals surface area contributed by atoms with Crippen LogP contribution in [0.2, 0.25) is 0 Å². The van der Waals surface area contributed by atoms with Crippen LogP contribution in [0.15, 0.2) is 73.1 Å². The summed E-state index contributed by atoms with van der Waals surface area (Å²) >= 11 is 0. The van der Waals surface area contributed by atoms with E-state index < -0.39 is 0 Å². The number of benzene rings is 2. The Morgan fingerprint density at radius 3 is 2.17 bits per heavy atom. The Hall–Kier alpha value is -3.27. The predicted molar refractivity (Wildman–Crippen MR) is 94.3 cm³/mol. The zero-order chi connectivity index (χ0) is 16.5. The van der Waals surface area contributed by atoms with Gasteiger partial charge in [0.05, 0.1) is 12.8 Å². The number of aromatic hydroxyl groups is 1. The summed E-state index contributed by atoms with van der Waals surface area (Å²) < 4.78 is 7.21. The Bertz CT molecular complexity index is 987. The Balaban J connectivity index is 1.73. The summed E-state index contributed by atoms with van der Waals surface area (Å²) in [5.74, 6) is 1.10. The van der Waals surface area contributed by atoms with E-state index in [2.05, 4.69) is 4.98 Å². The zero-order valence-electron chi connectivity index (χ0n) is 13.2. The van der Waals surface area contributed by atoms with Crippen LogP contribution in [-0.4, -0.2) is 21.6 Å². The van der Waals surface area contributed by atoms with Gasteiger partial charge in [0.25, 0.3) is 0 Å². The number of hydrogen-bond acceptors (Lipinski definition) is 3. The lowest BCUT2D eigenvalue weighted by atomic mass is 10.1. The van der Waals surface area contributed by atoms with Crippen molar-refractivity contribution in [3.63, 3.8) is 0 Å². The first-order valence-corrected chi connectivity index (χ1v) is 7.65. The van der Waals surface area contributed by atoms with Crippen molar-refractivity contribution in [2.75, 3.05) is 7.11 Å². The van der Waals surface area contributed by atoms with Gasteiger partial charge in [0, 0.05) is 18.0 Å². The van der Waals surface area contributed by atoms with Crippen LogP contribution in [0.5, 0.6) is 11.5 Å². The highest BCUT2D eigenvalue weighted by Gasteiger charge is 2.06. The lowest BCUT2D eigenvalue weighted by molar-refractivity contribution is 0.415. The van der Waals surface area contributed by atoms with Gasteiger partial charge in [-0.05, 0) is 59.7 Å². The predicted octanol–water partition coefficient (Wildman–Crippen LogP) is 4.38. The maximum Gasteiger partial charge on any atom is 0.137 e. The third-order valence-electron chi connectivity index (χ3n) is 4.04. The third kappa shape index (κ3) is 2.58. The number of aromatic nitrogens is 2. The summed E-state index contributed by atoms with van der Waals surface area (Å²) in [7, 11) is 1.66. The fraction of sp³-hybridized carbons (Fsp3) is 0.0500. The van der Waals surface area contributed by atoms with E-state index in [0.29, 0.717) is 0 Å². The van der Waals surface area contributed by atoms with E-state index in [9.17, 15) is 5.11 Å². The van der Waals surface area contributed by atoms with Crippen LogP contribution >= 0.6 is 0 Å². The molecule has 0 saturated heterocycles. The van der Waals surface area contributed by atoms with Crippen molar-refractivity contribution in [2.24, 2.45) is 0 Å². The third-order valence-corrected chi connectivity index (χ3v) is 4.04. The molecule has 0 unspecified atom stereocenters. The number of fused-ring (bicyclic) bond motifs is 1. The summed E-state index contributed by atoms with van der Waals surface area (Å²) in [6.45, 7) is 0. The van der Waals surface area contributed by atoms with Crippen LogP contribution in [0.3, 0.4) is 0 Å². The maximum absolute atomic E-state index is 9.42. The Labute approximate surface area is 139 Å². The quantitative estimate of drug-likeness (QED) is 0.610. The maximum atomic E-state index is 9.42. The number of phenolic OH excluding ortho intramolecular Hbond substituents is 1. The summed E-state index contributed by atoms with van der Waals surface area (Å²) in [6.07, 6.45) is 4.06. The van der Waals surface area contributed by atoms with Crippen molar-refractivity contribution in [3.8, 4) is 33.9 Å². The molecule has 0 aliphatic rings. The van der Waals surface area contributed by atoms with Gasteiger partial charge < -0.3 is 14.2 Å². The van der Waals surface area contributed by atoms with Gasteiger partial charge in [-0.3, -0.25) is 0 Å². The van der Waals surface area contributed by atoms with Gasteiger partial charge in [-0.1, -0.05) is 12.1 Å². The molecule has 4 nitrogen and oxygen atoms in total. The molecule has 0 atom stereocenters. The average molecular weight is 316 g/mol. The second-order valence-corrected chi connectivity index (χ2v) is 5.58. The number of rotatable bonds is 3. The SMILES string of the molecule is COc1ccc(-c2cn3cc(-c4ccc(O)cc4)ccc3n2)cc1. The molecule has 0 spiro atoms. The van der Waals surface area contributed by atoms with E-state index in [0.717, 1.165) is 33.8 Å². The summed E-state index contributed by atoms with van der Waals surface area (Å²) in [5, 5.41) is 9.42. The Kier molecular flexibility index (Phi) is 3.43. The molecule has 0 radical (unpaired) electrons. The molecule has 0 fully saturated rings. The second-order valence-electron chi connectivity index (χ2n) is 5.58. The first-order valence-electron chi connectivity index (χ1n) is 7.65. The minimum Gasteiger partial charge on any atom is -0.508 e. The smallest absolute Gasteiger partial charge is 0.137 e. The Morgan fingerprint density at radius 1 is 0.792 bits per heavy atom. The van der Waals surface area contributed by atoms with Gasteiger partial charge in [0.1, 0.15) is 17.1 Å². The van der Waals surface area contributed by atoms with Crippen molar-refractivity contribution < 1.29 is 9.84 Å². The van der Waals surface area contributed by atoms with Crippen LogP contribution in [0.25, 0.3) is 28.0 Å². The molecule has 118 valence electrons. The first-order chi connectivity index (χ1) is 11.7. The average Bonchev–Trinajstić information content (AvgIpc) is 3.05. The van der Waals surface area contributed by atoms with E-state index >= 15 is 0 Å². The number of imidazole rings is 1. The van der Waals surface area contributed by atoms with Crippen molar-refractivity contribution in [1.82, 2.24) is 9.38 Å². The molecule has 24 heavy (non-hydrogen) atoms. The van der Waals surface area contributed by atoms with E-state index in [4.69, 9.17) is 4.74 Å². The summed E-state index contributed by atoms with van der Waals surface area (Å²) in [4.78, 5) is 4.67. The van der Waals surface area contributed by atoms with Crippen molar-refractivity contribution in [2.45, 2.75) is 0 Å². The van der Waals surface area contributed by atoms with Crippen LogP contribution in [-0.2, 0) is 0 Å². The molecule has 4 rings (SSSR count). The molecule has 0 aliphatic carbocycles. The Morgan fingerprint density at radius 2 is 1.46 bits per heavy atom. The monoisotopic (exact) mass is 316 g/mol. The lowest BCUT2D eigenvalue weighted by Gasteiger charge is -2.02. The van der Waals surface area contributed by atoms with E-state index in [1.807, 2.05) is 65.3 Å². The summed E-state index contributed by atoms with van der Waals surface area (Å²) in [6, 6.07) is 19.1. The van der Waals surface area contributed by atoms with Crippen molar-refractivity contribution in [1.29, 1.82) is 0 Å². The topological polar surface area (TPSA) is 46.8 Å². The van der Waals surface area contributed by atoms with Gasteiger partial charge in [-0.2, -0.15) is 0 Å². The molecule has 0 amide bonds. The second kappa shape index (κ2) is 5.74. The van der Waals surface area contributed by atoms with Crippen molar-refractivity contribution in [3.05, 3.63) is 73.1 Å². The zero-order valence-corrected chi connectivity index (χ0v) is 13.2. The first kappa shape index (κ1) is 14.3. The molecule has 0 bridgehead atoms. The van der Waals surface area contributed by atoms with Crippen LogP contribution in [0.4, 0.5) is 0 Å². The van der Waals surface area contributed by atoms with Crippen LogP contribution in [0, 0.1) is 0 Å². The van der Waals surface area contributed by atoms with Crippen LogP contribution in [0.1, 0.15) is 0 Å². The van der Waals surface area contributed by atoms with Gasteiger partial charge in [-0.15, -0.1) is 0 Å².